The van der Waals surface area contributed by atoms with Crippen LogP contribution in [0.15, 0.2) is 0 Å². The molecular formula is C14H25F3N2O2. The van der Waals surface area contributed by atoms with Crippen LogP contribution in [0.25, 0.3) is 0 Å². The molecule has 0 radical (unpaired) electrons. The Labute approximate surface area is 123 Å². The SMILES string of the molecule is CCCN(CC(F)(F)F)CC(NC(C)C)(C(=O)O)C1CC1. The number of carbonyl (C=O) groups is 1. The van der Waals surface area contributed by atoms with Crippen molar-refractivity contribution in [1.29, 1.82) is 0 Å². The number of halogens is 3. The van der Waals surface area contributed by atoms with Gasteiger partial charge in [-0.25, -0.2) is 0 Å². The maximum Gasteiger partial charge on any atom is 0.401 e. The maximum absolute atomic E-state index is 12.7. The van der Waals surface area contributed by atoms with Gasteiger partial charge in [0.25, 0.3) is 0 Å². The van der Waals surface area contributed by atoms with Crippen molar-refractivity contribution in [1.82, 2.24) is 10.2 Å². The summed E-state index contributed by atoms with van der Waals surface area (Å²) in [5.74, 6) is -1.15. The third-order valence-electron chi connectivity index (χ3n) is 3.62. The summed E-state index contributed by atoms with van der Waals surface area (Å²) >= 11 is 0. The van der Waals surface area contributed by atoms with Crippen LogP contribution in [0.2, 0.25) is 0 Å². The highest BCUT2D eigenvalue weighted by Crippen LogP contribution is 2.41. The van der Waals surface area contributed by atoms with Crippen LogP contribution in [0.5, 0.6) is 0 Å². The molecule has 1 fully saturated rings. The normalized spacial score (nSPS) is 19.0. The summed E-state index contributed by atoms with van der Waals surface area (Å²) in [5, 5.41) is 12.6. The average Bonchev–Trinajstić information content (AvgIpc) is 3.08. The van der Waals surface area contributed by atoms with Crippen LogP contribution in [-0.4, -0.2) is 53.4 Å². The second-order valence-corrected chi connectivity index (χ2v) is 6.18. The molecule has 1 unspecified atom stereocenters. The predicted molar refractivity (Wildman–Crippen MR) is 74.1 cm³/mol. The summed E-state index contributed by atoms with van der Waals surface area (Å²) in [6, 6.07) is -0.101. The van der Waals surface area contributed by atoms with Gasteiger partial charge in [-0.1, -0.05) is 6.92 Å². The Morgan fingerprint density at radius 2 is 1.90 bits per heavy atom. The number of hydrogen-bond acceptors (Lipinski definition) is 3. The van der Waals surface area contributed by atoms with Gasteiger partial charge in [-0.2, -0.15) is 13.2 Å². The van der Waals surface area contributed by atoms with Crippen molar-refractivity contribution < 1.29 is 23.1 Å². The topological polar surface area (TPSA) is 52.6 Å². The van der Waals surface area contributed by atoms with Crippen LogP contribution in [0.4, 0.5) is 13.2 Å². The molecule has 2 N–H and O–H groups in total. The summed E-state index contributed by atoms with van der Waals surface area (Å²) in [5.41, 5.74) is -1.28. The van der Waals surface area contributed by atoms with E-state index in [-0.39, 0.29) is 25.0 Å². The van der Waals surface area contributed by atoms with Crippen LogP contribution in [0.3, 0.4) is 0 Å². The largest absolute Gasteiger partial charge is 0.480 e. The minimum Gasteiger partial charge on any atom is -0.480 e. The summed E-state index contributed by atoms with van der Waals surface area (Å²) in [4.78, 5) is 13.0. The number of carboxylic acid groups (broad SMARTS) is 1. The van der Waals surface area contributed by atoms with Crippen molar-refractivity contribution in [2.45, 2.75) is 57.8 Å². The Balaban J connectivity index is 2.93. The van der Waals surface area contributed by atoms with Crippen LogP contribution in [-0.2, 0) is 4.79 Å². The molecule has 1 rings (SSSR count). The third kappa shape index (κ3) is 5.47. The quantitative estimate of drug-likeness (QED) is 0.687. The second-order valence-electron chi connectivity index (χ2n) is 6.18. The average molecular weight is 310 g/mol. The van der Waals surface area contributed by atoms with E-state index >= 15 is 0 Å². The van der Waals surface area contributed by atoms with Crippen LogP contribution in [0.1, 0.15) is 40.0 Å². The van der Waals surface area contributed by atoms with Gasteiger partial charge < -0.3 is 5.11 Å². The van der Waals surface area contributed by atoms with Crippen molar-refractivity contribution in [2.24, 2.45) is 5.92 Å². The maximum atomic E-state index is 12.7. The van der Waals surface area contributed by atoms with E-state index in [2.05, 4.69) is 5.32 Å². The Morgan fingerprint density at radius 3 is 2.24 bits per heavy atom. The number of nitrogens with zero attached hydrogens (tertiary/aromatic N) is 1. The number of aliphatic carboxylic acids is 1. The summed E-state index contributed by atoms with van der Waals surface area (Å²) in [7, 11) is 0. The fraction of sp³-hybridized carbons (Fsp3) is 0.929. The van der Waals surface area contributed by atoms with E-state index in [1.54, 1.807) is 6.92 Å². The first-order chi connectivity index (χ1) is 9.60. The first-order valence-electron chi connectivity index (χ1n) is 7.41. The van der Waals surface area contributed by atoms with E-state index in [1.165, 1.54) is 4.90 Å². The van der Waals surface area contributed by atoms with Gasteiger partial charge in [-0.3, -0.25) is 15.0 Å². The van der Waals surface area contributed by atoms with Gasteiger partial charge in [0.2, 0.25) is 0 Å². The highest BCUT2D eigenvalue weighted by molar-refractivity contribution is 5.80. The molecule has 0 saturated heterocycles. The van der Waals surface area contributed by atoms with Gasteiger partial charge >= 0.3 is 12.1 Å². The molecule has 0 amide bonds. The molecule has 0 aliphatic heterocycles. The molecule has 21 heavy (non-hydrogen) atoms. The van der Waals surface area contributed by atoms with Crippen molar-refractivity contribution in [2.75, 3.05) is 19.6 Å². The van der Waals surface area contributed by atoms with Crippen molar-refractivity contribution in [3.05, 3.63) is 0 Å². The summed E-state index contributed by atoms with van der Waals surface area (Å²) < 4.78 is 38.0. The predicted octanol–water partition coefficient (Wildman–Crippen LogP) is 2.49. The third-order valence-corrected chi connectivity index (χ3v) is 3.62. The number of alkyl halides is 3. The van der Waals surface area contributed by atoms with Crippen molar-refractivity contribution in [3.63, 3.8) is 0 Å². The zero-order chi connectivity index (χ0) is 16.3. The lowest BCUT2D eigenvalue weighted by molar-refractivity contribution is -0.158. The number of carboxylic acids is 1. The van der Waals surface area contributed by atoms with Crippen LogP contribution < -0.4 is 5.32 Å². The van der Waals surface area contributed by atoms with E-state index in [9.17, 15) is 23.1 Å². The fourth-order valence-corrected chi connectivity index (χ4v) is 2.82. The molecular weight excluding hydrogens is 285 g/mol. The Bertz CT molecular complexity index is 357. The molecule has 0 aromatic carbocycles. The Kier molecular flexibility index (Phi) is 6.04. The molecule has 4 nitrogen and oxygen atoms in total. The lowest BCUT2D eigenvalue weighted by atomic mass is 9.91. The Hall–Kier alpha value is -0.820. The highest BCUT2D eigenvalue weighted by atomic mass is 19.4. The first-order valence-corrected chi connectivity index (χ1v) is 7.41. The van der Waals surface area contributed by atoms with E-state index in [0.717, 1.165) is 12.8 Å². The van der Waals surface area contributed by atoms with Crippen molar-refractivity contribution >= 4 is 5.97 Å². The molecule has 0 aromatic heterocycles. The molecule has 1 atom stereocenters. The molecule has 1 aliphatic carbocycles. The number of nitrogens with one attached hydrogen (secondary N) is 1. The summed E-state index contributed by atoms with van der Waals surface area (Å²) in [6.45, 7) is 4.47. The van der Waals surface area contributed by atoms with Crippen LogP contribution >= 0.6 is 0 Å². The number of hydrogen-bond donors (Lipinski definition) is 2. The van der Waals surface area contributed by atoms with Gasteiger partial charge in [-0.05, 0) is 45.6 Å². The molecule has 0 heterocycles. The van der Waals surface area contributed by atoms with E-state index in [0.29, 0.717) is 6.42 Å². The van der Waals surface area contributed by atoms with E-state index < -0.39 is 24.2 Å². The van der Waals surface area contributed by atoms with Crippen molar-refractivity contribution in [3.8, 4) is 0 Å². The minimum atomic E-state index is -4.32. The van der Waals surface area contributed by atoms with Gasteiger partial charge in [0.1, 0.15) is 5.54 Å². The molecule has 0 spiro atoms. The molecule has 0 aromatic rings. The van der Waals surface area contributed by atoms with E-state index in [4.69, 9.17) is 0 Å². The molecule has 0 bridgehead atoms. The highest BCUT2D eigenvalue weighted by Gasteiger charge is 2.52. The van der Waals surface area contributed by atoms with Crippen LogP contribution in [0, 0.1) is 5.92 Å². The molecule has 1 saturated carbocycles. The van der Waals surface area contributed by atoms with Gasteiger partial charge in [-0.15, -0.1) is 0 Å². The number of rotatable bonds is 9. The molecule has 124 valence electrons. The van der Waals surface area contributed by atoms with Gasteiger partial charge in [0.05, 0.1) is 6.54 Å². The summed E-state index contributed by atoms with van der Waals surface area (Å²) in [6.07, 6.45) is -2.27. The zero-order valence-corrected chi connectivity index (χ0v) is 12.8. The van der Waals surface area contributed by atoms with E-state index in [1.807, 2.05) is 13.8 Å². The Morgan fingerprint density at radius 1 is 1.33 bits per heavy atom. The molecule has 1 aliphatic rings. The fourth-order valence-electron chi connectivity index (χ4n) is 2.82. The van der Waals surface area contributed by atoms with Gasteiger partial charge in [0.15, 0.2) is 0 Å². The van der Waals surface area contributed by atoms with Gasteiger partial charge in [0, 0.05) is 12.6 Å². The lowest BCUT2D eigenvalue weighted by Gasteiger charge is -2.38. The lowest BCUT2D eigenvalue weighted by Crippen LogP contribution is -2.63. The zero-order valence-electron chi connectivity index (χ0n) is 12.8. The minimum absolute atomic E-state index is 0.0926. The molecule has 7 heteroatoms. The second kappa shape index (κ2) is 6.96. The monoisotopic (exact) mass is 310 g/mol. The first kappa shape index (κ1) is 18.2. The standard InChI is InChI=1S/C14H25F3N2O2/c1-4-7-19(9-14(15,16)17)8-13(12(20)21,11-5-6-11)18-10(2)3/h10-11,18H,4-9H2,1-3H3,(H,20,21). The smallest absolute Gasteiger partial charge is 0.401 e.